The van der Waals surface area contributed by atoms with Crippen LogP contribution in [0.4, 0.5) is 0 Å². The predicted octanol–water partition coefficient (Wildman–Crippen LogP) is 4.92. The molecule has 0 aliphatic carbocycles. The summed E-state index contributed by atoms with van der Waals surface area (Å²) in [6, 6.07) is 0. The minimum atomic E-state index is -2.50. The highest BCUT2D eigenvalue weighted by Gasteiger charge is 2.15. The third-order valence-corrected chi connectivity index (χ3v) is 6.53. The van der Waals surface area contributed by atoms with Crippen LogP contribution in [0, 0.1) is 0 Å². The highest BCUT2D eigenvalue weighted by molar-refractivity contribution is 7.39. The van der Waals surface area contributed by atoms with Crippen molar-refractivity contribution < 1.29 is 28.8 Å². The molecule has 186 valence electrons. The Kier molecular flexibility index (Phi) is 22.4. The molecule has 3 atom stereocenters. The number of carbonyl (C=O) groups is 1. The fourth-order valence-corrected chi connectivity index (χ4v) is 4.26. The van der Waals surface area contributed by atoms with Gasteiger partial charge in [0.05, 0.1) is 19.4 Å². The highest BCUT2D eigenvalue weighted by atomic mass is 31.1. The molecule has 31 heavy (non-hydrogen) atoms. The molecule has 0 radical (unpaired) electrons. The molecule has 4 N–H and O–H groups in total. The van der Waals surface area contributed by atoms with E-state index in [1.54, 1.807) is 0 Å². The Morgan fingerprint density at radius 3 is 1.74 bits per heavy atom. The van der Waals surface area contributed by atoms with Gasteiger partial charge in [-0.3, -0.25) is 9.36 Å². The van der Waals surface area contributed by atoms with Gasteiger partial charge in [0.25, 0.3) is 0 Å². The standard InChI is InChI=1S/C23H48NO6P/c1-2-3-4-5-6-7-8-9-10-11-12-13-14-15-16-17-23(27)30-21(18-25)19-29-31(28)20-22(24)26/h21-22,25-26,31H,2-20,24H2,1H3. The SMILES string of the molecule is CCCCCCCCCCCCCCCCCC(=O)OC(CO)CO[PH](=O)CC(N)O. The molecule has 0 aliphatic heterocycles. The molecule has 0 rings (SSSR count). The molecule has 8 heteroatoms. The molecule has 7 nitrogen and oxygen atoms in total. The molecule has 0 aliphatic rings. The van der Waals surface area contributed by atoms with Crippen LogP contribution < -0.4 is 5.73 Å². The Morgan fingerprint density at radius 2 is 1.32 bits per heavy atom. The number of unbranched alkanes of at least 4 members (excludes halogenated alkanes) is 14. The number of hydrogen-bond acceptors (Lipinski definition) is 7. The van der Waals surface area contributed by atoms with Crippen molar-refractivity contribution in [3.8, 4) is 0 Å². The van der Waals surface area contributed by atoms with Gasteiger partial charge in [0, 0.05) is 6.42 Å². The summed E-state index contributed by atoms with van der Waals surface area (Å²) >= 11 is 0. The number of ether oxygens (including phenoxy) is 1. The molecule has 0 heterocycles. The van der Waals surface area contributed by atoms with Crippen molar-refractivity contribution in [2.45, 2.75) is 122 Å². The Bertz CT molecular complexity index is 436. The molecule has 0 aromatic rings. The summed E-state index contributed by atoms with van der Waals surface area (Å²) in [6.07, 6.45) is 17.1. The minimum absolute atomic E-state index is 0.157. The van der Waals surface area contributed by atoms with Crippen LogP contribution in [0.1, 0.15) is 110 Å². The number of aliphatic hydroxyl groups is 2. The van der Waals surface area contributed by atoms with E-state index < -0.39 is 27.0 Å². The van der Waals surface area contributed by atoms with Gasteiger partial charge >= 0.3 is 5.97 Å². The van der Waals surface area contributed by atoms with E-state index in [0.29, 0.717) is 6.42 Å². The minimum Gasteiger partial charge on any atom is -0.457 e. The van der Waals surface area contributed by atoms with E-state index in [2.05, 4.69) is 6.92 Å². The van der Waals surface area contributed by atoms with Crippen LogP contribution >= 0.6 is 8.03 Å². The zero-order chi connectivity index (χ0) is 23.2. The molecule has 0 saturated heterocycles. The van der Waals surface area contributed by atoms with E-state index in [4.69, 9.17) is 20.1 Å². The van der Waals surface area contributed by atoms with E-state index in [1.165, 1.54) is 77.0 Å². The maximum Gasteiger partial charge on any atom is 0.306 e. The summed E-state index contributed by atoms with van der Waals surface area (Å²) in [5.74, 6) is -0.379. The van der Waals surface area contributed by atoms with Crippen molar-refractivity contribution in [1.82, 2.24) is 0 Å². The Balaban J connectivity index is 3.47. The molecule has 0 fully saturated rings. The summed E-state index contributed by atoms with van der Waals surface area (Å²) in [4.78, 5) is 11.9. The molecule has 0 spiro atoms. The average Bonchev–Trinajstić information content (AvgIpc) is 2.73. The van der Waals surface area contributed by atoms with Crippen molar-refractivity contribution in [3.63, 3.8) is 0 Å². The van der Waals surface area contributed by atoms with Crippen LogP contribution in [0.5, 0.6) is 0 Å². The second-order valence-electron chi connectivity index (χ2n) is 8.45. The van der Waals surface area contributed by atoms with Crippen molar-refractivity contribution in [2.24, 2.45) is 5.73 Å². The van der Waals surface area contributed by atoms with Crippen LogP contribution in [0.3, 0.4) is 0 Å². The zero-order valence-electron chi connectivity index (χ0n) is 19.7. The number of carbonyl (C=O) groups excluding carboxylic acids is 1. The van der Waals surface area contributed by atoms with Crippen LogP contribution in [0.15, 0.2) is 0 Å². The first-order valence-corrected chi connectivity index (χ1v) is 13.9. The van der Waals surface area contributed by atoms with Gasteiger partial charge in [0.2, 0.25) is 0 Å². The van der Waals surface area contributed by atoms with Gasteiger partial charge < -0.3 is 25.2 Å². The molecule has 0 aromatic heterocycles. The number of rotatable bonds is 23. The summed E-state index contributed by atoms with van der Waals surface area (Å²) in [6.45, 7) is 1.70. The van der Waals surface area contributed by atoms with Gasteiger partial charge in [-0.2, -0.15) is 0 Å². The molecule has 0 amide bonds. The average molecular weight is 466 g/mol. The van der Waals surface area contributed by atoms with Crippen LogP contribution in [-0.4, -0.2) is 47.9 Å². The molecule has 3 unspecified atom stereocenters. The fourth-order valence-electron chi connectivity index (χ4n) is 3.43. The van der Waals surface area contributed by atoms with Crippen LogP contribution in [0.25, 0.3) is 0 Å². The zero-order valence-corrected chi connectivity index (χ0v) is 20.7. The Labute approximate surface area is 190 Å². The lowest BCUT2D eigenvalue weighted by Gasteiger charge is -2.16. The molecule has 0 bridgehead atoms. The summed E-state index contributed by atoms with van der Waals surface area (Å²) < 4.78 is 21.6. The van der Waals surface area contributed by atoms with Gasteiger partial charge in [0.1, 0.15) is 12.3 Å². The summed E-state index contributed by atoms with van der Waals surface area (Å²) in [7, 11) is -2.50. The van der Waals surface area contributed by atoms with Gasteiger partial charge in [-0.1, -0.05) is 96.8 Å². The van der Waals surface area contributed by atoms with Crippen LogP contribution in [-0.2, 0) is 18.6 Å². The predicted molar refractivity (Wildman–Crippen MR) is 127 cm³/mol. The van der Waals surface area contributed by atoms with Crippen molar-refractivity contribution >= 4 is 14.0 Å². The van der Waals surface area contributed by atoms with E-state index in [0.717, 1.165) is 19.3 Å². The highest BCUT2D eigenvalue weighted by Crippen LogP contribution is 2.22. The first kappa shape index (κ1) is 30.5. The lowest BCUT2D eigenvalue weighted by Crippen LogP contribution is -2.27. The third kappa shape index (κ3) is 22.5. The fraction of sp³-hybridized carbons (Fsp3) is 0.957. The maximum atomic E-state index is 11.9. The monoisotopic (exact) mass is 465 g/mol. The first-order valence-electron chi connectivity index (χ1n) is 12.4. The number of nitrogens with two attached hydrogens (primary N) is 1. The topological polar surface area (TPSA) is 119 Å². The maximum absolute atomic E-state index is 11.9. The molecule has 0 saturated carbocycles. The van der Waals surface area contributed by atoms with E-state index in [1.807, 2.05) is 0 Å². The summed E-state index contributed by atoms with van der Waals surface area (Å²) in [5, 5.41) is 18.2. The third-order valence-electron chi connectivity index (χ3n) is 5.29. The molecular weight excluding hydrogens is 417 g/mol. The second-order valence-corrected chi connectivity index (χ2v) is 9.89. The first-order chi connectivity index (χ1) is 15.0. The van der Waals surface area contributed by atoms with E-state index in [-0.39, 0.29) is 18.7 Å². The van der Waals surface area contributed by atoms with Gasteiger partial charge in [0.15, 0.2) is 8.03 Å². The van der Waals surface area contributed by atoms with Crippen molar-refractivity contribution in [1.29, 1.82) is 0 Å². The van der Waals surface area contributed by atoms with Crippen molar-refractivity contribution in [3.05, 3.63) is 0 Å². The summed E-state index contributed by atoms with van der Waals surface area (Å²) in [5.41, 5.74) is 5.13. The lowest BCUT2D eigenvalue weighted by atomic mass is 10.0. The number of esters is 1. The smallest absolute Gasteiger partial charge is 0.306 e. The lowest BCUT2D eigenvalue weighted by molar-refractivity contribution is -0.152. The Hall–Kier alpha value is -0.460. The second kappa shape index (κ2) is 22.7. The number of aliphatic hydroxyl groups excluding tert-OH is 2. The van der Waals surface area contributed by atoms with E-state index >= 15 is 0 Å². The number of hydrogen-bond donors (Lipinski definition) is 3. The molecule has 0 aromatic carbocycles. The normalized spacial score (nSPS) is 14.3. The van der Waals surface area contributed by atoms with Crippen LogP contribution in [0.2, 0.25) is 0 Å². The van der Waals surface area contributed by atoms with Gasteiger partial charge in [-0.15, -0.1) is 0 Å². The Morgan fingerprint density at radius 1 is 0.871 bits per heavy atom. The van der Waals surface area contributed by atoms with E-state index in [9.17, 15) is 14.5 Å². The quantitative estimate of drug-likeness (QED) is 0.0848. The molecular formula is C23H48NO6P. The van der Waals surface area contributed by atoms with Crippen molar-refractivity contribution in [2.75, 3.05) is 19.4 Å². The van der Waals surface area contributed by atoms with Gasteiger partial charge in [-0.25, -0.2) is 0 Å². The van der Waals surface area contributed by atoms with Gasteiger partial charge in [-0.05, 0) is 6.42 Å². The largest absolute Gasteiger partial charge is 0.457 e.